The molecule has 1 aromatic rings. The molecule has 4 heteroatoms. The van der Waals surface area contributed by atoms with Gasteiger partial charge in [-0.2, -0.15) is 0 Å². The van der Waals surface area contributed by atoms with Gasteiger partial charge in [0.2, 0.25) is 0 Å². The summed E-state index contributed by atoms with van der Waals surface area (Å²) in [5.41, 5.74) is 7.40. The van der Waals surface area contributed by atoms with Crippen molar-refractivity contribution in [3.63, 3.8) is 0 Å². The maximum absolute atomic E-state index is 6.15. The fourth-order valence-corrected chi connectivity index (χ4v) is 3.60. The van der Waals surface area contributed by atoms with Crippen molar-refractivity contribution in [2.24, 2.45) is 5.73 Å². The van der Waals surface area contributed by atoms with Crippen LogP contribution in [0.3, 0.4) is 0 Å². The topological polar surface area (TPSA) is 42.2 Å². The van der Waals surface area contributed by atoms with Crippen LogP contribution in [0.15, 0.2) is 0 Å². The molecule has 1 aromatic heterocycles. The summed E-state index contributed by atoms with van der Waals surface area (Å²) >= 11 is 1.80. The van der Waals surface area contributed by atoms with Gasteiger partial charge in [0.25, 0.3) is 0 Å². The van der Waals surface area contributed by atoms with Gasteiger partial charge in [0.1, 0.15) is 0 Å². The predicted octanol–water partition coefficient (Wildman–Crippen LogP) is 3.10. The fourth-order valence-electron chi connectivity index (χ4n) is 2.39. The SMILES string of the molecule is CCCC(C)N(C)c1nc2c(s1)C(N)CCC2. The summed E-state index contributed by atoms with van der Waals surface area (Å²) < 4.78 is 0. The van der Waals surface area contributed by atoms with E-state index in [0.29, 0.717) is 6.04 Å². The molecule has 0 saturated carbocycles. The first-order chi connectivity index (χ1) is 8.13. The second kappa shape index (κ2) is 5.36. The average Bonchev–Trinajstić information content (AvgIpc) is 2.73. The summed E-state index contributed by atoms with van der Waals surface area (Å²) in [5.74, 6) is 0. The number of hydrogen-bond acceptors (Lipinski definition) is 4. The minimum Gasteiger partial charge on any atom is -0.348 e. The lowest BCUT2D eigenvalue weighted by Gasteiger charge is -2.23. The minimum atomic E-state index is 0.222. The van der Waals surface area contributed by atoms with E-state index in [1.165, 1.54) is 29.8 Å². The number of rotatable bonds is 4. The molecule has 0 saturated heterocycles. The first-order valence-corrected chi connectivity index (χ1v) is 7.43. The molecular formula is C13H23N3S. The third-order valence-corrected chi connectivity index (χ3v) is 4.97. The molecule has 0 aromatic carbocycles. The molecule has 2 unspecified atom stereocenters. The Morgan fingerprint density at radius 1 is 1.59 bits per heavy atom. The van der Waals surface area contributed by atoms with E-state index < -0.39 is 0 Å². The zero-order valence-corrected chi connectivity index (χ0v) is 11.9. The Bertz CT molecular complexity index is 375. The normalized spacial score (nSPS) is 21.1. The molecule has 1 aliphatic carbocycles. The summed E-state index contributed by atoms with van der Waals surface area (Å²) in [6.07, 6.45) is 5.84. The van der Waals surface area contributed by atoms with Crippen molar-refractivity contribution in [1.29, 1.82) is 0 Å². The maximum Gasteiger partial charge on any atom is 0.185 e. The molecule has 0 fully saturated rings. The molecule has 0 spiro atoms. The van der Waals surface area contributed by atoms with Crippen LogP contribution in [0.25, 0.3) is 0 Å². The third kappa shape index (κ3) is 2.63. The van der Waals surface area contributed by atoms with E-state index in [2.05, 4.69) is 25.8 Å². The monoisotopic (exact) mass is 253 g/mol. The van der Waals surface area contributed by atoms with Gasteiger partial charge < -0.3 is 10.6 Å². The number of nitrogens with zero attached hydrogens (tertiary/aromatic N) is 2. The standard InChI is InChI=1S/C13H23N3S/c1-4-6-9(2)16(3)13-15-11-8-5-7-10(14)12(11)17-13/h9-10H,4-8,14H2,1-3H3. The summed E-state index contributed by atoms with van der Waals surface area (Å²) in [7, 11) is 2.15. The van der Waals surface area contributed by atoms with Gasteiger partial charge in [0, 0.05) is 24.0 Å². The molecule has 96 valence electrons. The van der Waals surface area contributed by atoms with Crippen LogP contribution in [-0.2, 0) is 6.42 Å². The second-order valence-corrected chi connectivity index (χ2v) is 6.06. The number of anilines is 1. The summed E-state index contributed by atoms with van der Waals surface area (Å²) in [5, 5.41) is 1.15. The molecule has 1 aliphatic rings. The van der Waals surface area contributed by atoms with Crippen molar-refractivity contribution < 1.29 is 0 Å². The number of aromatic nitrogens is 1. The van der Waals surface area contributed by atoms with Crippen molar-refractivity contribution in [1.82, 2.24) is 4.98 Å². The highest BCUT2D eigenvalue weighted by Gasteiger charge is 2.23. The fraction of sp³-hybridized carbons (Fsp3) is 0.769. The molecule has 17 heavy (non-hydrogen) atoms. The van der Waals surface area contributed by atoms with E-state index in [4.69, 9.17) is 10.7 Å². The minimum absolute atomic E-state index is 0.222. The van der Waals surface area contributed by atoms with Gasteiger partial charge in [-0.25, -0.2) is 4.98 Å². The van der Waals surface area contributed by atoms with Gasteiger partial charge in [-0.15, -0.1) is 0 Å². The van der Waals surface area contributed by atoms with Crippen molar-refractivity contribution in [3.05, 3.63) is 10.6 Å². The van der Waals surface area contributed by atoms with Crippen LogP contribution in [0.1, 0.15) is 56.1 Å². The number of thiazole rings is 1. The molecule has 2 rings (SSSR count). The number of aryl methyl sites for hydroxylation is 1. The smallest absolute Gasteiger partial charge is 0.185 e. The lowest BCUT2D eigenvalue weighted by atomic mass is 9.99. The molecule has 2 N–H and O–H groups in total. The van der Waals surface area contributed by atoms with Gasteiger partial charge in [0.05, 0.1) is 5.69 Å². The lowest BCUT2D eigenvalue weighted by Crippen LogP contribution is -2.28. The van der Waals surface area contributed by atoms with Crippen LogP contribution < -0.4 is 10.6 Å². The van der Waals surface area contributed by atoms with Crippen molar-refractivity contribution in [3.8, 4) is 0 Å². The van der Waals surface area contributed by atoms with E-state index in [0.717, 1.165) is 18.0 Å². The van der Waals surface area contributed by atoms with Gasteiger partial charge in [0.15, 0.2) is 5.13 Å². The average molecular weight is 253 g/mol. The second-order valence-electron chi connectivity index (χ2n) is 5.05. The highest BCUT2D eigenvalue weighted by Crippen LogP contribution is 2.36. The van der Waals surface area contributed by atoms with E-state index in [9.17, 15) is 0 Å². The van der Waals surface area contributed by atoms with Gasteiger partial charge >= 0.3 is 0 Å². The van der Waals surface area contributed by atoms with Crippen molar-refractivity contribution in [2.75, 3.05) is 11.9 Å². The Balaban J connectivity index is 2.17. The van der Waals surface area contributed by atoms with Crippen molar-refractivity contribution in [2.45, 2.75) is 58.0 Å². The highest BCUT2D eigenvalue weighted by atomic mass is 32.1. The predicted molar refractivity (Wildman–Crippen MR) is 74.8 cm³/mol. The van der Waals surface area contributed by atoms with Crippen LogP contribution in [0, 0.1) is 0 Å². The molecular weight excluding hydrogens is 230 g/mol. The van der Waals surface area contributed by atoms with E-state index >= 15 is 0 Å². The zero-order valence-electron chi connectivity index (χ0n) is 11.1. The van der Waals surface area contributed by atoms with Crippen LogP contribution in [-0.4, -0.2) is 18.1 Å². The first-order valence-electron chi connectivity index (χ1n) is 6.61. The van der Waals surface area contributed by atoms with E-state index in [1.54, 1.807) is 11.3 Å². The van der Waals surface area contributed by atoms with Gasteiger partial charge in [-0.05, 0) is 32.6 Å². The first kappa shape index (κ1) is 12.8. The molecule has 1 heterocycles. The van der Waals surface area contributed by atoms with Crippen LogP contribution >= 0.6 is 11.3 Å². The Kier molecular flexibility index (Phi) is 4.05. The van der Waals surface area contributed by atoms with Gasteiger partial charge in [-0.3, -0.25) is 0 Å². The molecule has 3 nitrogen and oxygen atoms in total. The Morgan fingerprint density at radius 3 is 3.00 bits per heavy atom. The summed E-state index contributed by atoms with van der Waals surface area (Å²) in [6.45, 7) is 4.50. The van der Waals surface area contributed by atoms with E-state index in [1.807, 2.05) is 0 Å². The Hall–Kier alpha value is -0.610. The Labute approximate surface area is 108 Å². The van der Waals surface area contributed by atoms with E-state index in [-0.39, 0.29) is 6.04 Å². The molecule has 0 amide bonds. The molecule has 0 bridgehead atoms. The third-order valence-electron chi connectivity index (χ3n) is 3.65. The van der Waals surface area contributed by atoms with Gasteiger partial charge in [-0.1, -0.05) is 24.7 Å². The lowest BCUT2D eigenvalue weighted by molar-refractivity contribution is 0.572. The highest BCUT2D eigenvalue weighted by molar-refractivity contribution is 7.15. The van der Waals surface area contributed by atoms with Crippen LogP contribution in [0.4, 0.5) is 5.13 Å². The zero-order chi connectivity index (χ0) is 12.4. The Morgan fingerprint density at radius 2 is 2.35 bits per heavy atom. The summed E-state index contributed by atoms with van der Waals surface area (Å²) in [6, 6.07) is 0.781. The number of hydrogen-bond donors (Lipinski definition) is 1. The maximum atomic E-state index is 6.15. The van der Waals surface area contributed by atoms with Crippen LogP contribution in [0.5, 0.6) is 0 Å². The quantitative estimate of drug-likeness (QED) is 0.896. The largest absolute Gasteiger partial charge is 0.348 e. The molecule has 0 aliphatic heterocycles. The number of fused-ring (bicyclic) bond motifs is 1. The van der Waals surface area contributed by atoms with Crippen molar-refractivity contribution >= 4 is 16.5 Å². The summed E-state index contributed by atoms with van der Waals surface area (Å²) in [4.78, 5) is 8.39. The van der Waals surface area contributed by atoms with Crippen LogP contribution in [0.2, 0.25) is 0 Å². The molecule has 2 atom stereocenters. The molecule has 0 radical (unpaired) electrons. The number of nitrogens with two attached hydrogens (primary N) is 1.